The molecule has 1 rings (SSSR count). The summed E-state index contributed by atoms with van der Waals surface area (Å²) in [6, 6.07) is 0. The Morgan fingerprint density at radius 3 is 2.44 bits per heavy atom. The molecule has 0 aliphatic carbocycles. The number of hydrogen-bond acceptors (Lipinski definition) is 2. The van der Waals surface area contributed by atoms with Gasteiger partial charge >= 0.3 is 25.6 Å². The molecule has 1 saturated heterocycles. The van der Waals surface area contributed by atoms with E-state index in [0.29, 0.717) is 5.92 Å². The zero-order valence-corrected chi connectivity index (χ0v) is 15.6. The van der Waals surface area contributed by atoms with Crippen LogP contribution in [0.2, 0.25) is 0 Å². The Morgan fingerprint density at radius 2 is 2.00 bits per heavy atom. The summed E-state index contributed by atoms with van der Waals surface area (Å²) >= 11 is 0. The molecule has 0 aromatic heterocycles. The van der Waals surface area contributed by atoms with Gasteiger partial charge in [0, 0.05) is 6.54 Å². The van der Waals surface area contributed by atoms with Crippen LogP contribution in [0.25, 0.3) is 0 Å². The second kappa shape index (κ2) is 7.86. The van der Waals surface area contributed by atoms with Gasteiger partial charge in [-0.3, -0.25) is 0 Å². The van der Waals surface area contributed by atoms with Crippen molar-refractivity contribution in [3.05, 3.63) is 6.92 Å². The van der Waals surface area contributed by atoms with Crippen LogP contribution in [-0.4, -0.2) is 29.7 Å². The van der Waals surface area contributed by atoms with Crippen molar-refractivity contribution in [2.45, 2.75) is 39.2 Å². The summed E-state index contributed by atoms with van der Waals surface area (Å²) < 4.78 is 5.28. The summed E-state index contributed by atoms with van der Waals surface area (Å²) in [4.78, 5) is 13.4. The van der Waals surface area contributed by atoms with Crippen LogP contribution in [-0.2, 0) is 24.2 Å². The molecule has 0 spiro atoms. The first-order valence-electron chi connectivity index (χ1n) is 5.19. The van der Waals surface area contributed by atoms with Crippen molar-refractivity contribution in [3.63, 3.8) is 0 Å². The Balaban J connectivity index is 0. The molecular formula is C11H20INO2Zn. The molecule has 1 fully saturated rings. The molecule has 16 heavy (non-hydrogen) atoms. The minimum absolute atomic E-state index is 0. The molecule has 0 saturated carbocycles. The maximum atomic E-state index is 11.6. The summed E-state index contributed by atoms with van der Waals surface area (Å²) in [5, 5.41) is 0. The third-order valence-electron chi connectivity index (χ3n) is 2.17. The van der Waals surface area contributed by atoms with E-state index in [1.165, 1.54) is 0 Å². The average Bonchev–Trinajstić information content (AvgIpc) is 2.01. The molecule has 0 bridgehead atoms. The minimum atomic E-state index is -0.398. The Kier molecular flexibility index (Phi) is 9.32. The first-order chi connectivity index (χ1) is 6.38. The molecule has 5 heteroatoms. The van der Waals surface area contributed by atoms with E-state index in [-0.39, 0.29) is 49.5 Å². The zero-order valence-electron chi connectivity index (χ0n) is 10.5. The van der Waals surface area contributed by atoms with Gasteiger partial charge in [-0.1, -0.05) is 6.42 Å². The van der Waals surface area contributed by atoms with Crippen molar-refractivity contribution in [3.8, 4) is 0 Å². The molecule has 1 aliphatic heterocycles. The van der Waals surface area contributed by atoms with Gasteiger partial charge < -0.3 is 40.5 Å². The van der Waals surface area contributed by atoms with Gasteiger partial charge in [0.05, 0.1) is 0 Å². The van der Waals surface area contributed by atoms with E-state index < -0.39 is 5.60 Å². The fourth-order valence-corrected chi connectivity index (χ4v) is 1.56. The van der Waals surface area contributed by atoms with Crippen LogP contribution in [0.5, 0.6) is 0 Å². The third kappa shape index (κ3) is 7.05. The van der Waals surface area contributed by atoms with Crippen molar-refractivity contribution in [2.24, 2.45) is 5.92 Å². The fraction of sp³-hybridized carbons (Fsp3) is 0.818. The molecule has 0 unspecified atom stereocenters. The number of rotatable bonds is 0. The Bertz CT molecular complexity index is 219. The van der Waals surface area contributed by atoms with Crippen LogP contribution in [0.1, 0.15) is 33.6 Å². The van der Waals surface area contributed by atoms with Gasteiger partial charge in [0.25, 0.3) is 0 Å². The normalized spacial score (nSPS) is 20.5. The number of carbonyl (C=O) groups excluding carboxylic acids is 1. The van der Waals surface area contributed by atoms with E-state index in [1.54, 1.807) is 4.90 Å². The molecule has 1 heterocycles. The number of nitrogens with zero attached hydrogens (tertiary/aromatic N) is 1. The van der Waals surface area contributed by atoms with Crippen molar-refractivity contribution >= 4 is 6.09 Å². The van der Waals surface area contributed by atoms with Gasteiger partial charge in [0.1, 0.15) is 5.60 Å². The van der Waals surface area contributed by atoms with Crippen LogP contribution in [0.3, 0.4) is 0 Å². The van der Waals surface area contributed by atoms with Crippen LogP contribution < -0.4 is 24.0 Å². The topological polar surface area (TPSA) is 29.5 Å². The van der Waals surface area contributed by atoms with Crippen molar-refractivity contribution < 1.29 is 53.0 Å². The molecule has 0 radical (unpaired) electrons. The van der Waals surface area contributed by atoms with Crippen molar-refractivity contribution in [1.82, 2.24) is 4.90 Å². The first kappa shape index (κ1) is 19.0. The predicted octanol–water partition coefficient (Wildman–Crippen LogP) is -0.531. The second-order valence-electron chi connectivity index (χ2n) is 4.93. The Labute approximate surface area is 128 Å². The molecule has 90 valence electrons. The van der Waals surface area contributed by atoms with E-state index in [0.717, 1.165) is 25.9 Å². The van der Waals surface area contributed by atoms with Gasteiger partial charge in [0.15, 0.2) is 0 Å². The standard InChI is InChI=1S/C11H20NO2.HI.Zn/c1-9-6-5-7-12(8-9)10(13)14-11(2,3)4;;/h9H,1,5-8H2,2-4H3;1H;/q-1;;+2/p-1/t9-;;/m1../s1. The summed E-state index contributed by atoms with van der Waals surface area (Å²) in [7, 11) is 0. The summed E-state index contributed by atoms with van der Waals surface area (Å²) in [5.74, 6) is 0.358. The molecule has 0 N–H and O–H groups in total. The summed E-state index contributed by atoms with van der Waals surface area (Å²) in [6.45, 7) is 11.2. The number of ether oxygens (including phenoxy) is 1. The molecule has 0 aromatic carbocycles. The molecule has 1 atom stereocenters. The smallest absolute Gasteiger partial charge is 1.00 e. The van der Waals surface area contributed by atoms with Gasteiger partial charge in [-0.15, -0.1) is 0 Å². The van der Waals surface area contributed by atoms with Gasteiger partial charge in [-0.25, -0.2) is 4.79 Å². The maximum Gasteiger partial charge on any atom is 2.00 e. The summed E-state index contributed by atoms with van der Waals surface area (Å²) in [6.07, 6.45) is 1.94. The number of amides is 1. The average molecular weight is 391 g/mol. The number of likely N-dealkylation sites (tertiary alicyclic amines) is 1. The van der Waals surface area contributed by atoms with Crippen LogP contribution in [0, 0.1) is 12.8 Å². The quantitative estimate of drug-likeness (QED) is 0.316. The number of hydrogen-bond donors (Lipinski definition) is 0. The molecule has 1 aliphatic rings. The molecular weight excluding hydrogens is 370 g/mol. The maximum absolute atomic E-state index is 11.6. The van der Waals surface area contributed by atoms with E-state index >= 15 is 0 Å². The van der Waals surface area contributed by atoms with E-state index in [1.807, 2.05) is 20.8 Å². The van der Waals surface area contributed by atoms with Crippen molar-refractivity contribution in [1.29, 1.82) is 0 Å². The molecule has 1 amide bonds. The largest absolute Gasteiger partial charge is 2.00 e. The Hall–Kier alpha value is 0.623. The van der Waals surface area contributed by atoms with Crippen LogP contribution in [0.15, 0.2) is 0 Å². The SMILES string of the molecule is [CH2-][C@@H]1CCCN(C(=O)OC(C)(C)C)C1.[I-].[Zn+2]. The van der Waals surface area contributed by atoms with Gasteiger partial charge in [-0.05, 0) is 33.7 Å². The van der Waals surface area contributed by atoms with Crippen molar-refractivity contribution in [2.75, 3.05) is 13.1 Å². The molecule has 3 nitrogen and oxygen atoms in total. The molecule has 0 aromatic rings. The third-order valence-corrected chi connectivity index (χ3v) is 2.17. The van der Waals surface area contributed by atoms with Crippen LogP contribution >= 0.6 is 0 Å². The zero-order chi connectivity index (χ0) is 10.8. The van der Waals surface area contributed by atoms with Gasteiger partial charge in [0.2, 0.25) is 0 Å². The number of carbonyl (C=O) groups is 1. The van der Waals surface area contributed by atoms with E-state index in [2.05, 4.69) is 6.92 Å². The fourth-order valence-electron chi connectivity index (χ4n) is 1.56. The number of halogens is 1. The van der Waals surface area contributed by atoms with E-state index in [4.69, 9.17) is 4.74 Å². The number of piperidine rings is 1. The second-order valence-corrected chi connectivity index (χ2v) is 4.93. The monoisotopic (exact) mass is 389 g/mol. The summed E-state index contributed by atoms with van der Waals surface area (Å²) in [5.41, 5.74) is -0.398. The predicted molar refractivity (Wildman–Crippen MR) is 55.9 cm³/mol. The minimum Gasteiger partial charge on any atom is -1.00 e. The first-order valence-corrected chi connectivity index (χ1v) is 5.19. The Morgan fingerprint density at radius 1 is 1.44 bits per heavy atom. The van der Waals surface area contributed by atoms with Crippen LogP contribution in [0.4, 0.5) is 4.79 Å². The van der Waals surface area contributed by atoms with Gasteiger partial charge in [-0.2, -0.15) is 5.92 Å². The van der Waals surface area contributed by atoms with E-state index in [9.17, 15) is 4.79 Å².